The lowest BCUT2D eigenvalue weighted by Gasteiger charge is -2.32. The predicted octanol–water partition coefficient (Wildman–Crippen LogP) is 2.29. The zero-order valence-electron chi connectivity index (χ0n) is 16.5. The number of nitro groups is 1. The Morgan fingerprint density at radius 1 is 1.13 bits per heavy atom. The molecule has 31 heavy (non-hydrogen) atoms. The van der Waals surface area contributed by atoms with Crippen LogP contribution in [0.3, 0.4) is 0 Å². The first-order valence-corrected chi connectivity index (χ1v) is 10.9. The minimum Gasteiger partial charge on any atom is -0.319 e. The Morgan fingerprint density at radius 2 is 1.81 bits per heavy atom. The monoisotopic (exact) mass is 448 g/mol. The summed E-state index contributed by atoms with van der Waals surface area (Å²) in [6.45, 7) is 1.02. The third-order valence-corrected chi connectivity index (χ3v) is 6.29. The van der Waals surface area contributed by atoms with Crippen LogP contribution in [0.25, 0.3) is 6.08 Å². The molecule has 1 amide bonds. The third kappa shape index (κ3) is 6.17. The molecule has 0 aromatic heterocycles. The fourth-order valence-electron chi connectivity index (χ4n) is 3.11. The first-order valence-electron chi connectivity index (χ1n) is 9.44. The van der Waals surface area contributed by atoms with Crippen molar-refractivity contribution in [2.24, 2.45) is 0 Å². The number of halogens is 1. The highest BCUT2D eigenvalue weighted by atomic mass is 32.2. The van der Waals surface area contributed by atoms with E-state index in [4.69, 9.17) is 0 Å². The van der Waals surface area contributed by atoms with Crippen molar-refractivity contribution < 1.29 is 22.5 Å². The van der Waals surface area contributed by atoms with Crippen LogP contribution >= 0.6 is 0 Å². The number of hydrogen-bond acceptors (Lipinski definition) is 6. The molecule has 3 rings (SSSR count). The Morgan fingerprint density at radius 3 is 2.45 bits per heavy atom. The average molecular weight is 448 g/mol. The van der Waals surface area contributed by atoms with Crippen LogP contribution in [0, 0.1) is 15.9 Å². The van der Waals surface area contributed by atoms with Gasteiger partial charge in [0.05, 0.1) is 17.5 Å². The second-order valence-electron chi connectivity index (χ2n) is 6.90. The van der Waals surface area contributed by atoms with Gasteiger partial charge in [-0.1, -0.05) is 30.3 Å². The number of carbonyl (C=O) groups is 1. The highest BCUT2D eigenvalue weighted by Crippen LogP contribution is 2.25. The van der Waals surface area contributed by atoms with Crippen molar-refractivity contribution in [1.82, 2.24) is 9.21 Å². The van der Waals surface area contributed by atoms with Gasteiger partial charge >= 0.3 is 0 Å². The van der Waals surface area contributed by atoms with Gasteiger partial charge < -0.3 is 5.32 Å². The van der Waals surface area contributed by atoms with Gasteiger partial charge in [0.15, 0.2) is 0 Å². The minimum absolute atomic E-state index is 0.0672. The molecule has 1 saturated heterocycles. The Labute approximate surface area is 179 Å². The molecule has 1 aliphatic rings. The number of nitro benzene ring substituents is 1. The van der Waals surface area contributed by atoms with Crippen molar-refractivity contribution in [3.05, 3.63) is 75.4 Å². The van der Waals surface area contributed by atoms with Gasteiger partial charge in [0.25, 0.3) is 5.69 Å². The van der Waals surface area contributed by atoms with Crippen LogP contribution in [0.2, 0.25) is 0 Å². The number of anilines is 1. The summed E-state index contributed by atoms with van der Waals surface area (Å²) in [5.41, 5.74) is 0.148. The molecule has 0 radical (unpaired) electrons. The summed E-state index contributed by atoms with van der Waals surface area (Å²) < 4.78 is 39.6. The second-order valence-corrected chi connectivity index (χ2v) is 8.72. The van der Waals surface area contributed by atoms with E-state index in [0.717, 1.165) is 23.8 Å². The molecule has 0 bridgehead atoms. The van der Waals surface area contributed by atoms with Gasteiger partial charge in [-0.05, 0) is 23.8 Å². The molecule has 164 valence electrons. The number of benzene rings is 2. The molecule has 1 fully saturated rings. The quantitative estimate of drug-likeness (QED) is 0.514. The minimum atomic E-state index is -3.59. The van der Waals surface area contributed by atoms with E-state index in [9.17, 15) is 27.7 Å². The van der Waals surface area contributed by atoms with E-state index < -0.39 is 32.4 Å². The van der Waals surface area contributed by atoms with E-state index in [1.807, 2.05) is 18.2 Å². The Bertz CT molecular complexity index is 1080. The van der Waals surface area contributed by atoms with Crippen LogP contribution < -0.4 is 5.32 Å². The van der Waals surface area contributed by atoms with Crippen molar-refractivity contribution in [3.63, 3.8) is 0 Å². The standard InChI is InChI=1S/C20H21FN4O5S/c21-17-6-7-18(19(14-17)25(27)28)22-20(26)15-23-9-11-24(12-10-23)31(29,30)13-8-16-4-2-1-3-5-16/h1-8,13-14H,9-12,15H2,(H,22,26). The predicted molar refractivity (Wildman–Crippen MR) is 114 cm³/mol. The van der Waals surface area contributed by atoms with Crippen molar-refractivity contribution in [1.29, 1.82) is 0 Å². The Kier molecular flexibility index (Phi) is 7.10. The van der Waals surface area contributed by atoms with Crippen molar-refractivity contribution in [2.45, 2.75) is 0 Å². The van der Waals surface area contributed by atoms with E-state index in [1.165, 1.54) is 15.8 Å². The van der Waals surface area contributed by atoms with E-state index in [2.05, 4.69) is 5.32 Å². The van der Waals surface area contributed by atoms with Gasteiger partial charge in [-0.2, -0.15) is 4.31 Å². The summed E-state index contributed by atoms with van der Waals surface area (Å²) >= 11 is 0. The fourth-order valence-corrected chi connectivity index (χ4v) is 4.28. The summed E-state index contributed by atoms with van der Waals surface area (Å²) in [5, 5.41) is 14.6. The molecule has 11 heteroatoms. The maximum atomic E-state index is 13.2. The number of nitrogens with zero attached hydrogens (tertiary/aromatic N) is 3. The molecule has 0 unspecified atom stereocenters. The van der Waals surface area contributed by atoms with E-state index in [0.29, 0.717) is 13.1 Å². The highest BCUT2D eigenvalue weighted by Gasteiger charge is 2.26. The molecule has 0 aliphatic carbocycles. The second kappa shape index (κ2) is 9.77. The lowest BCUT2D eigenvalue weighted by atomic mass is 10.2. The molecule has 0 atom stereocenters. The van der Waals surface area contributed by atoms with Crippen molar-refractivity contribution in [2.75, 3.05) is 38.0 Å². The number of hydrogen-bond donors (Lipinski definition) is 1. The number of nitrogens with one attached hydrogen (secondary N) is 1. The smallest absolute Gasteiger partial charge is 0.295 e. The summed E-state index contributed by atoms with van der Waals surface area (Å²) in [5.74, 6) is -1.28. The molecule has 2 aromatic rings. The van der Waals surface area contributed by atoms with Gasteiger partial charge in [0.1, 0.15) is 11.5 Å². The number of amides is 1. The van der Waals surface area contributed by atoms with Crippen LogP contribution in [-0.4, -0.2) is 61.2 Å². The lowest BCUT2D eigenvalue weighted by molar-refractivity contribution is -0.384. The highest BCUT2D eigenvalue weighted by molar-refractivity contribution is 7.92. The Hall–Kier alpha value is -3.15. The third-order valence-electron chi connectivity index (χ3n) is 4.72. The van der Waals surface area contributed by atoms with Crippen LogP contribution in [0.5, 0.6) is 0 Å². The summed E-state index contributed by atoms with van der Waals surface area (Å²) in [7, 11) is -3.59. The molecule has 9 nitrogen and oxygen atoms in total. The molecule has 1 aliphatic heterocycles. The molecule has 0 saturated carbocycles. The van der Waals surface area contributed by atoms with E-state index >= 15 is 0 Å². The van der Waals surface area contributed by atoms with Gasteiger partial charge in [-0.15, -0.1) is 0 Å². The number of rotatable bonds is 7. The maximum Gasteiger partial charge on any atom is 0.295 e. The number of piperazine rings is 1. The summed E-state index contributed by atoms with van der Waals surface area (Å²) in [6.07, 6.45) is 1.53. The first kappa shape index (κ1) is 22.5. The van der Waals surface area contributed by atoms with Crippen molar-refractivity contribution >= 4 is 33.4 Å². The topological polar surface area (TPSA) is 113 Å². The largest absolute Gasteiger partial charge is 0.319 e. The zero-order valence-corrected chi connectivity index (χ0v) is 17.3. The Balaban J connectivity index is 1.54. The normalized spacial score (nSPS) is 15.8. The molecule has 1 heterocycles. The van der Waals surface area contributed by atoms with E-state index in [-0.39, 0.29) is 25.3 Å². The van der Waals surface area contributed by atoms with Crippen LogP contribution in [-0.2, 0) is 14.8 Å². The molecular weight excluding hydrogens is 427 g/mol. The van der Waals surface area contributed by atoms with Crippen molar-refractivity contribution in [3.8, 4) is 0 Å². The van der Waals surface area contributed by atoms with Gasteiger partial charge in [0.2, 0.25) is 15.9 Å². The summed E-state index contributed by atoms with van der Waals surface area (Å²) in [6, 6.07) is 12.0. The summed E-state index contributed by atoms with van der Waals surface area (Å²) in [4.78, 5) is 24.3. The zero-order chi connectivity index (χ0) is 22.4. The molecule has 0 spiro atoms. The SMILES string of the molecule is O=C(CN1CCN(S(=O)(=O)C=Cc2ccccc2)CC1)Nc1ccc(F)cc1[N+](=O)[O-]. The average Bonchev–Trinajstić information content (AvgIpc) is 2.74. The van der Waals surface area contributed by atoms with Gasteiger partial charge in [-0.25, -0.2) is 12.8 Å². The van der Waals surface area contributed by atoms with E-state index in [1.54, 1.807) is 17.0 Å². The number of sulfonamides is 1. The van der Waals surface area contributed by atoms with Crippen LogP contribution in [0.15, 0.2) is 53.9 Å². The fraction of sp³-hybridized carbons (Fsp3) is 0.250. The lowest BCUT2D eigenvalue weighted by Crippen LogP contribution is -2.49. The maximum absolute atomic E-state index is 13.2. The van der Waals surface area contributed by atoms with Crippen LogP contribution in [0.4, 0.5) is 15.8 Å². The molecular formula is C20H21FN4O5S. The van der Waals surface area contributed by atoms with Gasteiger partial charge in [0, 0.05) is 31.6 Å². The number of carbonyl (C=O) groups excluding carboxylic acids is 1. The molecule has 2 aromatic carbocycles. The van der Waals surface area contributed by atoms with Gasteiger partial charge in [-0.3, -0.25) is 19.8 Å². The van der Waals surface area contributed by atoms with Crippen LogP contribution in [0.1, 0.15) is 5.56 Å². The first-order chi connectivity index (χ1) is 14.7. The molecule has 1 N–H and O–H groups in total.